The first kappa shape index (κ1) is 19.7. The Labute approximate surface area is 185 Å². The lowest BCUT2D eigenvalue weighted by Crippen LogP contribution is -2.27. The first-order valence-electron chi connectivity index (χ1n) is 10.2. The van der Waals surface area contributed by atoms with Gasteiger partial charge in [0, 0.05) is 41.7 Å². The van der Waals surface area contributed by atoms with Crippen LogP contribution in [0.3, 0.4) is 0 Å². The van der Waals surface area contributed by atoms with Crippen molar-refractivity contribution in [3.05, 3.63) is 76.3 Å². The van der Waals surface area contributed by atoms with Crippen LogP contribution < -0.4 is 10.5 Å². The molecule has 1 aliphatic rings. The number of benzene rings is 2. The summed E-state index contributed by atoms with van der Waals surface area (Å²) in [4.78, 5) is 21.9. The summed E-state index contributed by atoms with van der Waals surface area (Å²) in [5.74, 6) is 0.628. The van der Waals surface area contributed by atoms with E-state index < -0.39 is 0 Å². The van der Waals surface area contributed by atoms with Gasteiger partial charge < -0.3 is 15.4 Å². The maximum absolute atomic E-state index is 13.3. The summed E-state index contributed by atoms with van der Waals surface area (Å²) < 4.78 is 5.21. The molecule has 1 aliphatic heterocycles. The van der Waals surface area contributed by atoms with Crippen LogP contribution in [0.15, 0.2) is 54.6 Å². The number of hydrogen-bond acceptors (Lipinski definition) is 6. The van der Waals surface area contributed by atoms with Gasteiger partial charge in [0.2, 0.25) is 5.78 Å². The number of likely N-dealkylation sites (N-methyl/N-ethyl adjacent to an activating group) is 1. The molecule has 0 saturated carbocycles. The van der Waals surface area contributed by atoms with Crippen molar-refractivity contribution < 1.29 is 9.53 Å². The van der Waals surface area contributed by atoms with Crippen molar-refractivity contribution in [1.82, 2.24) is 9.88 Å². The molecule has 5 nitrogen and oxygen atoms in total. The second kappa shape index (κ2) is 7.80. The zero-order valence-electron chi connectivity index (χ0n) is 17.5. The Morgan fingerprint density at radius 3 is 2.58 bits per heavy atom. The van der Waals surface area contributed by atoms with E-state index in [-0.39, 0.29) is 5.78 Å². The number of nitrogens with two attached hydrogens (primary N) is 1. The molecule has 0 fully saturated rings. The number of ether oxygens (including phenoxy) is 1. The van der Waals surface area contributed by atoms with E-state index in [2.05, 4.69) is 24.1 Å². The predicted octanol–water partition coefficient (Wildman–Crippen LogP) is 4.77. The van der Waals surface area contributed by atoms with E-state index in [1.165, 1.54) is 16.9 Å². The monoisotopic (exact) mass is 429 g/mol. The molecule has 2 aromatic heterocycles. The number of aromatic nitrogens is 1. The Bertz CT molecular complexity index is 1280. The van der Waals surface area contributed by atoms with Crippen molar-refractivity contribution in [2.75, 3.05) is 26.4 Å². The van der Waals surface area contributed by atoms with Gasteiger partial charge in [0.25, 0.3) is 0 Å². The number of hydrogen-bond donors (Lipinski definition) is 1. The van der Waals surface area contributed by atoms with E-state index in [4.69, 9.17) is 15.5 Å². The third-order valence-electron chi connectivity index (χ3n) is 5.84. The van der Waals surface area contributed by atoms with Crippen LogP contribution in [-0.4, -0.2) is 36.4 Å². The topological polar surface area (TPSA) is 68.4 Å². The molecule has 2 aromatic carbocycles. The number of thiophene rings is 1. The van der Waals surface area contributed by atoms with Gasteiger partial charge in [-0.05, 0) is 42.4 Å². The summed E-state index contributed by atoms with van der Waals surface area (Å²) in [5.41, 5.74) is 12.3. The number of nitrogen functional groups attached to an aromatic ring is 1. The largest absolute Gasteiger partial charge is 0.497 e. The molecule has 0 spiro atoms. The summed E-state index contributed by atoms with van der Waals surface area (Å²) in [6, 6.07) is 17.4. The highest BCUT2D eigenvalue weighted by molar-refractivity contribution is 7.21. The number of carbonyl (C=O) groups is 1. The van der Waals surface area contributed by atoms with Gasteiger partial charge >= 0.3 is 0 Å². The maximum atomic E-state index is 13.3. The summed E-state index contributed by atoms with van der Waals surface area (Å²) in [7, 11) is 3.73. The number of pyridine rings is 1. The highest BCUT2D eigenvalue weighted by Gasteiger charge is 2.27. The Balaban J connectivity index is 1.73. The lowest BCUT2D eigenvalue weighted by Gasteiger charge is -2.27. The third-order valence-corrected chi connectivity index (χ3v) is 6.94. The van der Waals surface area contributed by atoms with Gasteiger partial charge in [0.1, 0.15) is 15.5 Å². The fourth-order valence-corrected chi connectivity index (χ4v) is 5.31. The minimum absolute atomic E-state index is 0.0859. The molecular weight excluding hydrogens is 406 g/mol. The molecule has 3 heterocycles. The summed E-state index contributed by atoms with van der Waals surface area (Å²) in [5, 5.41) is 0.891. The minimum Gasteiger partial charge on any atom is -0.497 e. The zero-order valence-corrected chi connectivity index (χ0v) is 18.3. The van der Waals surface area contributed by atoms with Crippen molar-refractivity contribution in [2.45, 2.75) is 13.0 Å². The Morgan fingerprint density at radius 1 is 1.13 bits per heavy atom. The quantitative estimate of drug-likeness (QED) is 0.473. The van der Waals surface area contributed by atoms with Gasteiger partial charge in [0.05, 0.1) is 12.8 Å². The van der Waals surface area contributed by atoms with Crippen LogP contribution in [0.4, 0.5) is 5.69 Å². The van der Waals surface area contributed by atoms with Crippen molar-refractivity contribution in [3.63, 3.8) is 0 Å². The smallest absolute Gasteiger partial charge is 0.205 e. The molecule has 0 saturated heterocycles. The number of carbonyl (C=O) groups excluding carboxylic acids is 1. The van der Waals surface area contributed by atoms with Crippen LogP contribution in [-0.2, 0) is 13.0 Å². The van der Waals surface area contributed by atoms with Crippen molar-refractivity contribution in [3.8, 4) is 16.9 Å². The van der Waals surface area contributed by atoms with Gasteiger partial charge in [-0.15, -0.1) is 11.3 Å². The third kappa shape index (κ3) is 3.38. The van der Waals surface area contributed by atoms with Gasteiger partial charge in [-0.2, -0.15) is 0 Å². The number of rotatable bonds is 4. The van der Waals surface area contributed by atoms with Crippen LogP contribution >= 0.6 is 11.3 Å². The first-order valence-corrected chi connectivity index (χ1v) is 11.0. The SMILES string of the molecule is COc1ccc(C(=O)c2sc3nc4c(c(-c5ccccc5)c3c2N)CN(C)CC4)cc1. The van der Waals surface area contributed by atoms with E-state index in [1.54, 1.807) is 31.4 Å². The average molecular weight is 430 g/mol. The molecule has 5 rings (SSSR count). The molecule has 2 N–H and O–H groups in total. The molecule has 0 bridgehead atoms. The molecule has 6 heteroatoms. The number of nitrogens with zero attached hydrogens (tertiary/aromatic N) is 2. The van der Waals surface area contributed by atoms with Gasteiger partial charge in [-0.3, -0.25) is 4.79 Å². The van der Waals surface area contributed by atoms with E-state index in [9.17, 15) is 4.79 Å². The molecular formula is C25H23N3O2S. The average Bonchev–Trinajstić information content (AvgIpc) is 3.13. The van der Waals surface area contributed by atoms with Crippen molar-refractivity contribution >= 4 is 33.0 Å². The van der Waals surface area contributed by atoms with E-state index in [1.807, 2.05) is 18.2 Å². The lowest BCUT2D eigenvalue weighted by molar-refractivity contribution is 0.104. The molecule has 31 heavy (non-hydrogen) atoms. The van der Waals surface area contributed by atoms with Gasteiger partial charge in [-0.1, -0.05) is 30.3 Å². The second-order valence-electron chi connectivity index (χ2n) is 7.85. The van der Waals surface area contributed by atoms with E-state index in [0.29, 0.717) is 21.9 Å². The minimum atomic E-state index is -0.0859. The van der Waals surface area contributed by atoms with Crippen LogP contribution in [0.5, 0.6) is 5.75 Å². The van der Waals surface area contributed by atoms with Crippen molar-refractivity contribution in [2.24, 2.45) is 0 Å². The molecule has 0 amide bonds. The molecule has 0 atom stereocenters. The number of fused-ring (bicyclic) bond motifs is 2. The lowest BCUT2D eigenvalue weighted by atomic mass is 9.92. The molecule has 0 aliphatic carbocycles. The maximum Gasteiger partial charge on any atom is 0.205 e. The molecule has 4 aromatic rings. The summed E-state index contributed by atoms with van der Waals surface area (Å²) >= 11 is 1.39. The van der Waals surface area contributed by atoms with Crippen LogP contribution in [0.1, 0.15) is 26.5 Å². The van der Waals surface area contributed by atoms with E-state index >= 15 is 0 Å². The summed E-state index contributed by atoms with van der Waals surface area (Å²) in [6.07, 6.45) is 0.890. The molecule has 0 unspecified atom stereocenters. The fraction of sp³-hybridized carbons (Fsp3) is 0.200. The summed E-state index contributed by atoms with van der Waals surface area (Å²) in [6.45, 7) is 1.79. The Morgan fingerprint density at radius 2 is 1.87 bits per heavy atom. The standard InChI is InChI=1S/C25H23N3O2S/c1-28-13-12-19-18(14-28)20(15-6-4-3-5-7-15)21-22(26)24(31-25(21)27-19)23(29)16-8-10-17(30-2)11-9-16/h3-11H,12-14,26H2,1-2H3. The number of ketones is 1. The highest BCUT2D eigenvalue weighted by atomic mass is 32.1. The van der Waals surface area contributed by atoms with E-state index in [0.717, 1.165) is 46.5 Å². The Kier molecular flexibility index (Phi) is 4.96. The fourth-order valence-electron chi connectivity index (χ4n) is 4.23. The van der Waals surface area contributed by atoms with Crippen LogP contribution in [0, 0.1) is 0 Å². The number of methoxy groups -OCH3 is 1. The second-order valence-corrected chi connectivity index (χ2v) is 8.85. The molecule has 156 valence electrons. The number of anilines is 1. The van der Waals surface area contributed by atoms with Crippen LogP contribution in [0.25, 0.3) is 21.3 Å². The molecule has 0 radical (unpaired) electrons. The predicted molar refractivity (Wildman–Crippen MR) is 126 cm³/mol. The highest BCUT2D eigenvalue weighted by Crippen LogP contribution is 2.43. The van der Waals surface area contributed by atoms with Crippen molar-refractivity contribution in [1.29, 1.82) is 0 Å². The van der Waals surface area contributed by atoms with Gasteiger partial charge in [-0.25, -0.2) is 4.98 Å². The Hall–Kier alpha value is -3.22. The van der Waals surface area contributed by atoms with Gasteiger partial charge in [0.15, 0.2) is 0 Å². The zero-order chi connectivity index (χ0) is 21.5. The normalized spacial score (nSPS) is 13.9. The first-order chi connectivity index (χ1) is 15.1. The van der Waals surface area contributed by atoms with Crippen LogP contribution in [0.2, 0.25) is 0 Å².